The number of hydrogen-bond donors (Lipinski definition) is 1. The number of carbonyl (C=O) groups excluding carboxylic acids is 2. The summed E-state index contributed by atoms with van der Waals surface area (Å²) >= 11 is 0. The van der Waals surface area contributed by atoms with Crippen molar-refractivity contribution in [3.05, 3.63) is 71.8 Å². The number of alkyl carbamates (subject to hydrolysis) is 1. The second-order valence-electron chi connectivity index (χ2n) is 5.84. The summed E-state index contributed by atoms with van der Waals surface area (Å²) in [6.45, 7) is -0.645. The van der Waals surface area contributed by atoms with Gasteiger partial charge in [0.15, 0.2) is 6.04 Å². The molecule has 8 nitrogen and oxygen atoms in total. The van der Waals surface area contributed by atoms with E-state index in [4.69, 9.17) is 9.47 Å². The van der Waals surface area contributed by atoms with Crippen molar-refractivity contribution in [1.29, 1.82) is 0 Å². The summed E-state index contributed by atoms with van der Waals surface area (Å²) in [7, 11) is -3.81. The summed E-state index contributed by atoms with van der Waals surface area (Å²) in [6.07, 6.45) is -0.0600. The molecular weight excluding hydrogens is 386 g/mol. The van der Waals surface area contributed by atoms with Crippen LogP contribution in [0.1, 0.15) is 11.1 Å². The van der Waals surface area contributed by atoms with Crippen molar-refractivity contribution in [2.45, 2.75) is 19.3 Å². The molecule has 0 aromatic heterocycles. The Morgan fingerprint density at radius 2 is 1.39 bits per heavy atom. The zero-order valence-corrected chi connectivity index (χ0v) is 16.1. The molecule has 150 valence electrons. The SMILES string of the molecule is CS(=O)(=O)OC[C@@H](NC(=O)OCc1ccccc1)C(=O)OCc1ccccc1. The molecule has 0 spiro atoms. The van der Waals surface area contributed by atoms with Crippen LogP contribution in [0.2, 0.25) is 0 Å². The first-order chi connectivity index (χ1) is 13.3. The Balaban J connectivity index is 1.93. The second-order valence-corrected chi connectivity index (χ2v) is 7.48. The standard InChI is InChI=1S/C19H21NO7S/c1-28(23,24)27-14-17(18(21)25-12-15-8-4-2-5-9-15)20-19(22)26-13-16-10-6-3-7-11-16/h2-11,17H,12-14H2,1H3,(H,20,22)/t17-/m1/s1. The molecule has 2 rings (SSSR count). The maximum Gasteiger partial charge on any atom is 0.408 e. The molecule has 1 amide bonds. The number of rotatable bonds is 9. The first-order valence-corrected chi connectivity index (χ1v) is 10.2. The van der Waals surface area contributed by atoms with E-state index in [-0.39, 0.29) is 13.2 Å². The Bertz CT molecular complexity index is 870. The van der Waals surface area contributed by atoms with E-state index in [1.54, 1.807) is 48.5 Å². The number of ether oxygens (including phenoxy) is 2. The predicted octanol–water partition coefficient (Wildman–Crippen LogP) is 2.00. The molecule has 0 radical (unpaired) electrons. The van der Waals surface area contributed by atoms with Gasteiger partial charge in [-0.25, -0.2) is 9.59 Å². The van der Waals surface area contributed by atoms with Crippen LogP contribution in [-0.2, 0) is 41.8 Å². The first-order valence-electron chi connectivity index (χ1n) is 8.35. The van der Waals surface area contributed by atoms with Crippen molar-refractivity contribution in [3.8, 4) is 0 Å². The van der Waals surface area contributed by atoms with Crippen molar-refractivity contribution in [2.75, 3.05) is 12.9 Å². The van der Waals surface area contributed by atoms with E-state index in [1.165, 1.54) is 0 Å². The smallest absolute Gasteiger partial charge is 0.408 e. The molecule has 0 bridgehead atoms. The lowest BCUT2D eigenvalue weighted by molar-refractivity contribution is -0.148. The van der Waals surface area contributed by atoms with E-state index in [0.717, 1.165) is 17.4 Å². The monoisotopic (exact) mass is 407 g/mol. The zero-order valence-electron chi connectivity index (χ0n) is 15.2. The summed E-state index contributed by atoms with van der Waals surface area (Å²) in [6, 6.07) is 16.5. The highest BCUT2D eigenvalue weighted by atomic mass is 32.2. The van der Waals surface area contributed by atoms with E-state index in [9.17, 15) is 18.0 Å². The number of benzene rings is 2. The van der Waals surface area contributed by atoms with Crippen LogP contribution in [0.5, 0.6) is 0 Å². The molecule has 0 aliphatic carbocycles. The molecule has 1 N–H and O–H groups in total. The second kappa shape index (κ2) is 10.4. The lowest BCUT2D eigenvalue weighted by Gasteiger charge is -2.17. The Morgan fingerprint density at radius 3 is 1.89 bits per heavy atom. The van der Waals surface area contributed by atoms with Crippen molar-refractivity contribution < 1.29 is 31.7 Å². The molecule has 2 aromatic rings. The number of hydrogen-bond acceptors (Lipinski definition) is 7. The molecule has 0 fully saturated rings. The van der Waals surface area contributed by atoms with Gasteiger partial charge in [-0.1, -0.05) is 60.7 Å². The van der Waals surface area contributed by atoms with Crippen molar-refractivity contribution >= 4 is 22.2 Å². The van der Waals surface area contributed by atoms with E-state index in [2.05, 4.69) is 9.50 Å². The summed E-state index contributed by atoms with van der Waals surface area (Å²) in [5.74, 6) is -0.843. The van der Waals surface area contributed by atoms with Crippen molar-refractivity contribution in [3.63, 3.8) is 0 Å². The molecule has 0 heterocycles. The summed E-state index contributed by atoms with van der Waals surface area (Å²) in [5, 5.41) is 2.27. The van der Waals surface area contributed by atoms with Gasteiger partial charge in [0.2, 0.25) is 0 Å². The largest absolute Gasteiger partial charge is 0.459 e. The van der Waals surface area contributed by atoms with Crippen LogP contribution >= 0.6 is 0 Å². The van der Waals surface area contributed by atoms with Crippen LogP contribution in [0.3, 0.4) is 0 Å². The summed E-state index contributed by atoms with van der Waals surface area (Å²) in [4.78, 5) is 24.3. The third kappa shape index (κ3) is 8.19. The van der Waals surface area contributed by atoms with Crippen LogP contribution < -0.4 is 5.32 Å². The van der Waals surface area contributed by atoms with Gasteiger partial charge >= 0.3 is 12.1 Å². The molecule has 9 heteroatoms. The van der Waals surface area contributed by atoms with Crippen molar-refractivity contribution in [2.24, 2.45) is 0 Å². The van der Waals surface area contributed by atoms with Crippen molar-refractivity contribution in [1.82, 2.24) is 5.32 Å². The van der Waals surface area contributed by atoms with Gasteiger partial charge in [-0.2, -0.15) is 8.42 Å². The highest BCUT2D eigenvalue weighted by molar-refractivity contribution is 7.85. The molecule has 0 unspecified atom stereocenters. The van der Waals surface area contributed by atoms with Gasteiger partial charge in [0.1, 0.15) is 13.2 Å². The van der Waals surface area contributed by atoms with E-state index >= 15 is 0 Å². The van der Waals surface area contributed by atoms with E-state index in [0.29, 0.717) is 0 Å². The first kappa shape index (κ1) is 21.4. The highest BCUT2D eigenvalue weighted by Crippen LogP contribution is 2.05. The average molecular weight is 407 g/mol. The minimum Gasteiger partial charge on any atom is -0.459 e. The highest BCUT2D eigenvalue weighted by Gasteiger charge is 2.25. The lowest BCUT2D eigenvalue weighted by atomic mass is 10.2. The maximum atomic E-state index is 12.3. The van der Waals surface area contributed by atoms with Gasteiger partial charge in [0.05, 0.1) is 12.9 Å². The van der Waals surface area contributed by atoms with Crippen LogP contribution in [0.25, 0.3) is 0 Å². The fourth-order valence-electron chi connectivity index (χ4n) is 2.10. The van der Waals surface area contributed by atoms with Gasteiger partial charge in [0, 0.05) is 0 Å². The Labute approximate surface area is 163 Å². The minimum absolute atomic E-state index is 0.00854. The summed E-state index contributed by atoms with van der Waals surface area (Å²) < 4.78 is 37.2. The number of nitrogens with one attached hydrogen (secondary N) is 1. The summed E-state index contributed by atoms with van der Waals surface area (Å²) in [5.41, 5.74) is 1.50. The molecule has 0 saturated carbocycles. The Hall–Kier alpha value is -2.91. The molecule has 1 atom stereocenters. The Kier molecular flexibility index (Phi) is 7.97. The van der Waals surface area contributed by atoms with Gasteiger partial charge in [-0.15, -0.1) is 0 Å². The fraction of sp³-hybridized carbons (Fsp3) is 0.263. The molecular formula is C19H21NO7S. The topological polar surface area (TPSA) is 108 Å². The van der Waals surface area contributed by atoms with Gasteiger partial charge in [-0.05, 0) is 11.1 Å². The average Bonchev–Trinajstić information content (AvgIpc) is 2.68. The Morgan fingerprint density at radius 1 is 0.893 bits per heavy atom. The zero-order chi connectivity index (χ0) is 20.4. The molecule has 0 aliphatic rings. The molecule has 0 saturated heterocycles. The van der Waals surface area contributed by atoms with E-state index in [1.807, 2.05) is 12.1 Å². The molecule has 0 aliphatic heterocycles. The van der Waals surface area contributed by atoms with E-state index < -0.39 is 34.8 Å². The van der Waals surface area contributed by atoms with Gasteiger partial charge in [0.25, 0.3) is 10.1 Å². The number of amides is 1. The normalized spacial score (nSPS) is 12.0. The molecule has 2 aromatic carbocycles. The fourth-order valence-corrected chi connectivity index (χ4v) is 2.48. The minimum atomic E-state index is -3.81. The third-order valence-corrected chi connectivity index (χ3v) is 4.03. The predicted molar refractivity (Wildman–Crippen MR) is 101 cm³/mol. The number of carbonyl (C=O) groups is 2. The maximum absolute atomic E-state index is 12.3. The quantitative estimate of drug-likeness (QED) is 0.500. The van der Waals surface area contributed by atoms with Gasteiger partial charge in [-0.3, -0.25) is 4.18 Å². The molecule has 28 heavy (non-hydrogen) atoms. The van der Waals surface area contributed by atoms with Crippen LogP contribution in [-0.4, -0.2) is 39.4 Å². The van der Waals surface area contributed by atoms with Gasteiger partial charge < -0.3 is 14.8 Å². The number of esters is 1. The van der Waals surface area contributed by atoms with Crippen LogP contribution in [0.4, 0.5) is 4.79 Å². The van der Waals surface area contributed by atoms with Crippen LogP contribution in [0, 0.1) is 0 Å². The van der Waals surface area contributed by atoms with Crippen LogP contribution in [0.15, 0.2) is 60.7 Å². The lowest BCUT2D eigenvalue weighted by Crippen LogP contribution is -2.45. The third-order valence-electron chi connectivity index (χ3n) is 3.46.